The van der Waals surface area contributed by atoms with Crippen LogP contribution in [-0.4, -0.2) is 29.3 Å². The summed E-state index contributed by atoms with van der Waals surface area (Å²) in [6.07, 6.45) is 2.49. The third-order valence-corrected chi connectivity index (χ3v) is 5.07. The average molecular weight is 266 g/mol. The number of fused-ring (bicyclic) bond motifs is 1. The molecule has 2 heterocycles. The molecule has 2 aliphatic heterocycles. The first-order chi connectivity index (χ1) is 8.72. The largest absolute Gasteiger partial charge is 0.497 e. The molecule has 0 aliphatic carbocycles. The van der Waals surface area contributed by atoms with E-state index >= 15 is 0 Å². The van der Waals surface area contributed by atoms with E-state index < -0.39 is 6.10 Å². The molecule has 3 nitrogen and oxygen atoms in total. The van der Waals surface area contributed by atoms with Gasteiger partial charge in [-0.15, -0.1) is 0 Å². The first-order valence-corrected chi connectivity index (χ1v) is 7.51. The predicted molar refractivity (Wildman–Crippen MR) is 72.5 cm³/mol. The van der Waals surface area contributed by atoms with Gasteiger partial charge < -0.3 is 14.6 Å². The van der Waals surface area contributed by atoms with Crippen LogP contribution in [0.4, 0.5) is 0 Å². The molecule has 2 atom stereocenters. The van der Waals surface area contributed by atoms with Crippen LogP contribution in [0, 0.1) is 0 Å². The summed E-state index contributed by atoms with van der Waals surface area (Å²) in [7, 11) is 1.65. The van der Waals surface area contributed by atoms with Crippen molar-refractivity contribution in [3.8, 4) is 11.5 Å². The third kappa shape index (κ3) is 2.08. The molecule has 3 rings (SSSR count). The number of rotatable bonds is 1. The molecule has 1 N–H and O–H groups in total. The zero-order valence-corrected chi connectivity index (χ0v) is 11.3. The van der Waals surface area contributed by atoms with Crippen LogP contribution in [0.1, 0.15) is 30.9 Å². The Morgan fingerprint density at radius 2 is 2.39 bits per heavy atom. The Hall–Kier alpha value is -0.870. The van der Waals surface area contributed by atoms with E-state index in [2.05, 4.69) is 0 Å². The number of benzene rings is 1. The second-order valence-electron chi connectivity index (χ2n) is 5.06. The van der Waals surface area contributed by atoms with Crippen LogP contribution >= 0.6 is 11.8 Å². The van der Waals surface area contributed by atoms with Crippen molar-refractivity contribution in [2.75, 3.05) is 18.6 Å². The second kappa shape index (κ2) is 4.67. The summed E-state index contributed by atoms with van der Waals surface area (Å²) in [5.41, 5.74) is 0.707. The van der Waals surface area contributed by atoms with Gasteiger partial charge in [0.2, 0.25) is 0 Å². The van der Waals surface area contributed by atoms with Crippen molar-refractivity contribution in [3.63, 3.8) is 0 Å². The van der Waals surface area contributed by atoms with Gasteiger partial charge in [0.15, 0.2) is 0 Å². The molecule has 0 radical (unpaired) electrons. The number of methoxy groups -OCH3 is 1. The zero-order valence-electron chi connectivity index (χ0n) is 10.5. The van der Waals surface area contributed by atoms with Gasteiger partial charge in [-0.25, -0.2) is 0 Å². The van der Waals surface area contributed by atoms with Crippen molar-refractivity contribution >= 4 is 11.8 Å². The Morgan fingerprint density at radius 3 is 3.11 bits per heavy atom. The van der Waals surface area contributed by atoms with Crippen molar-refractivity contribution in [2.45, 2.75) is 31.0 Å². The van der Waals surface area contributed by atoms with Crippen LogP contribution in [0.15, 0.2) is 18.2 Å². The summed E-state index contributed by atoms with van der Waals surface area (Å²) >= 11 is 1.92. The molecule has 1 spiro atoms. The molecule has 1 aromatic rings. The lowest BCUT2D eigenvalue weighted by Crippen LogP contribution is -2.45. The average Bonchev–Trinajstić information content (AvgIpc) is 2.38. The number of hydrogen-bond donors (Lipinski definition) is 1. The normalized spacial score (nSPS) is 30.7. The molecule has 0 bridgehead atoms. The van der Waals surface area contributed by atoms with Crippen molar-refractivity contribution in [2.24, 2.45) is 0 Å². The number of aliphatic hydroxyl groups is 1. The van der Waals surface area contributed by atoms with Crippen LogP contribution in [-0.2, 0) is 0 Å². The van der Waals surface area contributed by atoms with Gasteiger partial charge in [-0.2, -0.15) is 11.8 Å². The predicted octanol–water partition coefficient (Wildman–Crippen LogP) is 2.78. The Morgan fingerprint density at radius 1 is 1.50 bits per heavy atom. The van der Waals surface area contributed by atoms with Crippen molar-refractivity contribution in [1.82, 2.24) is 0 Å². The van der Waals surface area contributed by atoms with Gasteiger partial charge in [0, 0.05) is 23.8 Å². The van der Waals surface area contributed by atoms with Crippen LogP contribution in [0.2, 0.25) is 0 Å². The molecule has 4 heteroatoms. The van der Waals surface area contributed by atoms with Gasteiger partial charge in [0.05, 0.1) is 13.2 Å². The van der Waals surface area contributed by atoms with E-state index in [4.69, 9.17) is 9.47 Å². The van der Waals surface area contributed by atoms with Crippen LogP contribution in [0.3, 0.4) is 0 Å². The van der Waals surface area contributed by atoms with Crippen LogP contribution in [0.5, 0.6) is 11.5 Å². The maximum atomic E-state index is 10.3. The second-order valence-corrected chi connectivity index (χ2v) is 6.17. The third-order valence-electron chi connectivity index (χ3n) is 3.76. The molecule has 98 valence electrons. The molecular formula is C14H18O3S. The number of thioether (sulfide) groups is 1. The molecule has 1 aromatic carbocycles. The molecule has 2 unspecified atom stereocenters. The summed E-state index contributed by atoms with van der Waals surface area (Å²) < 4.78 is 11.4. The molecule has 2 aliphatic rings. The van der Waals surface area contributed by atoms with Crippen LogP contribution in [0.25, 0.3) is 0 Å². The monoisotopic (exact) mass is 266 g/mol. The summed E-state index contributed by atoms with van der Waals surface area (Å²) in [6, 6.07) is 5.67. The summed E-state index contributed by atoms with van der Waals surface area (Å²) in [6.45, 7) is 0. The quantitative estimate of drug-likeness (QED) is 0.848. The van der Waals surface area contributed by atoms with E-state index in [-0.39, 0.29) is 5.60 Å². The zero-order chi connectivity index (χ0) is 12.6. The topological polar surface area (TPSA) is 38.7 Å². The van der Waals surface area contributed by atoms with E-state index in [0.29, 0.717) is 6.42 Å². The fraction of sp³-hybridized carbons (Fsp3) is 0.571. The summed E-state index contributed by atoms with van der Waals surface area (Å²) in [5, 5.41) is 10.3. The minimum atomic E-state index is -0.418. The van der Waals surface area contributed by atoms with Gasteiger partial charge in [0.1, 0.15) is 17.1 Å². The standard InChI is InChI=1S/C14H18O3S/c1-16-10-3-4-11-12(15)8-14(17-13(11)7-10)5-2-6-18-9-14/h3-4,7,12,15H,2,5-6,8-9H2,1H3. The highest BCUT2D eigenvalue weighted by molar-refractivity contribution is 7.99. The number of ether oxygens (including phenoxy) is 2. The van der Waals surface area contributed by atoms with Crippen molar-refractivity contribution in [3.05, 3.63) is 23.8 Å². The van der Waals surface area contributed by atoms with Gasteiger partial charge in [-0.1, -0.05) is 0 Å². The maximum Gasteiger partial charge on any atom is 0.129 e. The molecule has 0 aromatic heterocycles. The molecule has 0 amide bonds. The maximum absolute atomic E-state index is 10.3. The lowest BCUT2D eigenvalue weighted by atomic mass is 9.86. The number of aliphatic hydroxyl groups excluding tert-OH is 1. The number of hydrogen-bond acceptors (Lipinski definition) is 4. The van der Waals surface area contributed by atoms with E-state index in [1.165, 1.54) is 5.75 Å². The Bertz CT molecular complexity index is 441. The van der Waals surface area contributed by atoms with Gasteiger partial charge in [0.25, 0.3) is 0 Å². The summed E-state index contributed by atoms with van der Waals surface area (Å²) in [5.74, 6) is 3.74. The first-order valence-electron chi connectivity index (χ1n) is 6.35. The Labute approximate surface area is 111 Å². The van der Waals surface area contributed by atoms with E-state index in [0.717, 1.165) is 35.7 Å². The highest BCUT2D eigenvalue weighted by Gasteiger charge is 2.41. The highest BCUT2D eigenvalue weighted by Crippen LogP contribution is 2.45. The van der Waals surface area contributed by atoms with E-state index in [1.54, 1.807) is 7.11 Å². The molecule has 18 heavy (non-hydrogen) atoms. The van der Waals surface area contributed by atoms with Gasteiger partial charge in [-0.3, -0.25) is 0 Å². The lowest BCUT2D eigenvalue weighted by molar-refractivity contribution is -0.00569. The summed E-state index contributed by atoms with van der Waals surface area (Å²) in [4.78, 5) is 0. The first kappa shape index (κ1) is 12.2. The Kier molecular flexibility index (Phi) is 3.16. The fourth-order valence-corrected chi connectivity index (χ4v) is 4.00. The smallest absolute Gasteiger partial charge is 0.129 e. The minimum absolute atomic E-state index is 0.179. The van der Waals surface area contributed by atoms with Crippen molar-refractivity contribution < 1.29 is 14.6 Å². The van der Waals surface area contributed by atoms with Gasteiger partial charge >= 0.3 is 0 Å². The van der Waals surface area contributed by atoms with Gasteiger partial charge in [-0.05, 0) is 30.7 Å². The van der Waals surface area contributed by atoms with E-state index in [1.807, 2.05) is 30.0 Å². The van der Waals surface area contributed by atoms with E-state index in [9.17, 15) is 5.11 Å². The lowest BCUT2D eigenvalue weighted by Gasteiger charge is -2.42. The highest BCUT2D eigenvalue weighted by atomic mass is 32.2. The molecule has 0 saturated carbocycles. The SMILES string of the molecule is COc1ccc2c(c1)OC1(CCCSC1)CC2O. The fourth-order valence-electron chi connectivity index (χ4n) is 2.81. The molecule has 1 saturated heterocycles. The Balaban J connectivity index is 1.94. The minimum Gasteiger partial charge on any atom is -0.497 e. The van der Waals surface area contributed by atoms with Crippen molar-refractivity contribution in [1.29, 1.82) is 0 Å². The molecule has 1 fully saturated rings. The van der Waals surface area contributed by atoms with Crippen LogP contribution < -0.4 is 9.47 Å². The molecular weight excluding hydrogens is 248 g/mol.